The maximum atomic E-state index is 11.9. The summed E-state index contributed by atoms with van der Waals surface area (Å²) in [6, 6.07) is -0.835. The Kier molecular flexibility index (Phi) is 4.56. The van der Waals surface area contributed by atoms with Crippen molar-refractivity contribution in [3.8, 4) is 0 Å². The Hall–Kier alpha value is -0.870. The van der Waals surface area contributed by atoms with E-state index in [0.29, 0.717) is 0 Å². The Morgan fingerprint density at radius 2 is 1.94 bits per heavy atom. The molecule has 0 aliphatic carbocycles. The van der Waals surface area contributed by atoms with Gasteiger partial charge >= 0.3 is 0 Å². The molecule has 0 aromatic rings. The molecule has 1 fully saturated rings. The lowest BCUT2D eigenvalue weighted by molar-refractivity contribution is 0.316. The largest absolute Gasteiger partial charge is 0.409 e. The van der Waals surface area contributed by atoms with E-state index in [0.717, 1.165) is 0 Å². The van der Waals surface area contributed by atoms with Gasteiger partial charge in [-0.05, 0) is 19.8 Å². The third-order valence-electron chi connectivity index (χ3n) is 2.84. The van der Waals surface area contributed by atoms with Crippen LogP contribution < -0.4 is 10.5 Å². The third-order valence-corrected chi connectivity index (χ3v) is 6.59. The van der Waals surface area contributed by atoms with E-state index in [1.807, 2.05) is 0 Å². The second kappa shape index (κ2) is 5.41. The van der Waals surface area contributed by atoms with Gasteiger partial charge in [-0.3, -0.25) is 0 Å². The zero-order valence-corrected chi connectivity index (χ0v) is 11.5. The minimum absolute atomic E-state index is 0.0700. The van der Waals surface area contributed by atoms with E-state index >= 15 is 0 Å². The number of rotatable bonds is 4. The molecule has 0 aromatic carbocycles. The molecule has 1 unspecified atom stereocenters. The quantitative estimate of drug-likeness (QED) is 0.253. The van der Waals surface area contributed by atoms with Crippen molar-refractivity contribution >= 4 is 25.7 Å². The number of nitrogens with zero attached hydrogens (tertiary/aromatic N) is 1. The lowest BCUT2D eigenvalue weighted by atomic mass is 10.2. The molecule has 1 aliphatic rings. The number of nitrogens with two attached hydrogens (primary N) is 1. The highest BCUT2D eigenvalue weighted by atomic mass is 32.2. The predicted molar refractivity (Wildman–Crippen MR) is 66.6 cm³/mol. The summed E-state index contributed by atoms with van der Waals surface area (Å²) in [5.74, 6) is -0.505. The van der Waals surface area contributed by atoms with E-state index in [-0.39, 0.29) is 30.2 Å². The molecule has 1 aliphatic heterocycles. The number of sulfone groups is 1. The van der Waals surface area contributed by atoms with E-state index in [9.17, 15) is 16.8 Å². The minimum Gasteiger partial charge on any atom is -0.409 e. The van der Waals surface area contributed by atoms with E-state index in [4.69, 9.17) is 10.9 Å². The zero-order chi connectivity index (χ0) is 14.0. The van der Waals surface area contributed by atoms with Gasteiger partial charge in [-0.15, -0.1) is 0 Å². The summed E-state index contributed by atoms with van der Waals surface area (Å²) < 4.78 is 48.5. The molecule has 106 valence electrons. The van der Waals surface area contributed by atoms with Crippen LogP contribution >= 0.6 is 0 Å². The fourth-order valence-corrected chi connectivity index (χ4v) is 5.12. The molecule has 4 N–H and O–H groups in total. The van der Waals surface area contributed by atoms with E-state index in [2.05, 4.69) is 9.88 Å². The number of amidine groups is 1. The van der Waals surface area contributed by atoms with Crippen molar-refractivity contribution < 1.29 is 22.0 Å². The number of sulfonamides is 1. The van der Waals surface area contributed by atoms with Gasteiger partial charge in [0.15, 0.2) is 5.84 Å². The molecule has 0 bridgehead atoms. The second-order valence-corrected chi connectivity index (χ2v) is 8.56. The molecule has 8 nitrogen and oxygen atoms in total. The number of hydrogen-bond acceptors (Lipinski definition) is 6. The lowest BCUT2D eigenvalue weighted by Crippen LogP contribution is -2.47. The Balaban J connectivity index is 2.71. The van der Waals surface area contributed by atoms with Crippen molar-refractivity contribution in [2.24, 2.45) is 10.9 Å². The summed E-state index contributed by atoms with van der Waals surface area (Å²) in [7, 11) is -6.78. The van der Waals surface area contributed by atoms with Crippen molar-refractivity contribution in [1.82, 2.24) is 4.72 Å². The van der Waals surface area contributed by atoms with Gasteiger partial charge in [-0.25, -0.2) is 21.6 Å². The Morgan fingerprint density at radius 3 is 2.39 bits per heavy atom. The maximum absolute atomic E-state index is 11.9. The van der Waals surface area contributed by atoms with Gasteiger partial charge < -0.3 is 10.9 Å². The maximum Gasteiger partial charge on any atom is 0.215 e. The van der Waals surface area contributed by atoms with Crippen LogP contribution in [0.1, 0.15) is 19.8 Å². The van der Waals surface area contributed by atoms with Gasteiger partial charge in [-0.1, -0.05) is 5.16 Å². The molecule has 1 heterocycles. The van der Waals surface area contributed by atoms with E-state index < -0.39 is 31.2 Å². The van der Waals surface area contributed by atoms with Gasteiger partial charge in [0.1, 0.15) is 9.84 Å². The molecule has 10 heteroatoms. The molecule has 0 radical (unpaired) electrons. The highest BCUT2D eigenvalue weighted by Gasteiger charge is 2.33. The molecule has 0 saturated carbocycles. The topological polar surface area (TPSA) is 139 Å². The van der Waals surface area contributed by atoms with Gasteiger partial charge in [0, 0.05) is 0 Å². The highest BCUT2D eigenvalue weighted by Crippen LogP contribution is 2.18. The summed E-state index contributed by atoms with van der Waals surface area (Å²) in [5.41, 5.74) is 5.27. The molecule has 1 atom stereocenters. The van der Waals surface area contributed by atoms with Gasteiger partial charge in [0.2, 0.25) is 10.0 Å². The van der Waals surface area contributed by atoms with Crippen molar-refractivity contribution in [3.63, 3.8) is 0 Å². The SMILES string of the molecule is CC(NS(=O)(=O)C1CCS(=O)(=O)CC1)C(N)=NO. The van der Waals surface area contributed by atoms with Crippen LogP contribution in [-0.4, -0.2) is 50.7 Å². The highest BCUT2D eigenvalue weighted by molar-refractivity contribution is 7.92. The van der Waals surface area contributed by atoms with Crippen molar-refractivity contribution in [1.29, 1.82) is 0 Å². The first-order chi connectivity index (χ1) is 8.18. The van der Waals surface area contributed by atoms with Crippen LogP contribution in [0, 0.1) is 0 Å². The standard InChI is InChI=1S/C8H17N3O5S2/c1-6(8(9)10-12)11-18(15,16)7-2-4-17(13,14)5-3-7/h6-7,11-12H,2-5H2,1H3,(H2,9,10). The van der Waals surface area contributed by atoms with Crippen molar-refractivity contribution in [2.75, 3.05) is 11.5 Å². The molecule has 0 amide bonds. The molecular formula is C8H17N3O5S2. The summed E-state index contributed by atoms with van der Waals surface area (Å²) in [5, 5.41) is 10.4. The fraction of sp³-hybridized carbons (Fsp3) is 0.875. The molecular weight excluding hydrogens is 282 g/mol. The number of oxime groups is 1. The zero-order valence-electron chi connectivity index (χ0n) is 9.90. The number of hydrogen-bond donors (Lipinski definition) is 3. The Labute approximate surface area is 106 Å². The Morgan fingerprint density at radius 1 is 1.44 bits per heavy atom. The first-order valence-electron chi connectivity index (χ1n) is 5.37. The lowest BCUT2D eigenvalue weighted by Gasteiger charge is -2.23. The van der Waals surface area contributed by atoms with Crippen LogP contribution in [0.2, 0.25) is 0 Å². The van der Waals surface area contributed by atoms with Crippen LogP contribution in [0.3, 0.4) is 0 Å². The van der Waals surface area contributed by atoms with E-state index in [1.54, 1.807) is 0 Å². The van der Waals surface area contributed by atoms with Crippen LogP contribution in [0.15, 0.2) is 5.16 Å². The van der Waals surface area contributed by atoms with Crippen LogP contribution in [-0.2, 0) is 19.9 Å². The molecule has 0 spiro atoms. The minimum atomic E-state index is -3.67. The normalized spacial score (nSPS) is 23.7. The molecule has 18 heavy (non-hydrogen) atoms. The summed E-state index contributed by atoms with van der Waals surface area (Å²) in [4.78, 5) is 0. The van der Waals surface area contributed by atoms with Crippen molar-refractivity contribution in [2.45, 2.75) is 31.1 Å². The molecule has 1 saturated heterocycles. The number of nitrogens with one attached hydrogen (secondary N) is 1. The summed E-state index contributed by atoms with van der Waals surface area (Å²) in [6.45, 7) is 1.44. The average Bonchev–Trinajstić information content (AvgIpc) is 2.26. The second-order valence-electron chi connectivity index (χ2n) is 4.26. The van der Waals surface area contributed by atoms with Gasteiger partial charge in [-0.2, -0.15) is 0 Å². The van der Waals surface area contributed by atoms with Crippen LogP contribution in [0.4, 0.5) is 0 Å². The van der Waals surface area contributed by atoms with Gasteiger partial charge in [0.25, 0.3) is 0 Å². The third kappa shape index (κ3) is 3.82. The molecule has 1 rings (SSSR count). The van der Waals surface area contributed by atoms with Crippen molar-refractivity contribution in [3.05, 3.63) is 0 Å². The first-order valence-corrected chi connectivity index (χ1v) is 8.74. The molecule has 0 aromatic heterocycles. The summed E-state index contributed by atoms with van der Waals surface area (Å²) in [6.07, 6.45) is 0.140. The predicted octanol–water partition coefficient (Wildman–Crippen LogP) is -1.38. The smallest absolute Gasteiger partial charge is 0.215 e. The fourth-order valence-electron chi connectivity index (χ4n) is 1.67. The summed E-state index contributed by atoms with van der Waals surface area (Å²) >= 11 is 0. The Bertz CT molecular complexity index is 511. The van der Waals surface area contributed by atoms with E-state index in [1.165, 1.54) is 6.92 Å². The van der Waals surface area contributed by atoms with Crippen LogP contribution in [0.25, 0.3) is 0 Å². The first kappa shape index (κ1) is 15.2. The van der Waals surface area contributed by atoms with Gasteiger partial charge in [0.05, 0.1) is 22.8 Å². The average molecular weight is 299 g/mol. The monoisotopic (exact) mass is 299 g/mol. The van der Waals surface area contributed by atoms with Crippen LogP contribution in [0.5, 0.6) is 0 Å².